The summed E-state index contributed by atoms with van der Waals surface area (Å²) in [5.74, 6) is 0.811. The highest BCUT2D eigenvalue weighted by atomic mass is 15.3. The van der Waals surface area contributed by atoms with Crippen LogP contribution in [0.2, 0.25) is 0 Å². The molecule has 0 aromatic heterocycles. The molecule has 126 valence electrons. The van der Waals surface area contributed by atoms with Gasteiger partial charge in [-0.2, -0.15) is 0 Å². The molecule has 0 unspecified atom stereocenters. The zero-order valence-corrected chi connectivity index (χ0v) is 15.4. The Morgan fingerprint density at radius 3 is 1.76 bits per heavy atom. The second kappa shape index (κ2) is 9.81. The lowest BCUT2D eigenvalue weighted by molar-refractivity contribution is 0.0465. The average Bonchev–Trinajstić information content (AvgIpc) is 2.49. The van der Waals surface area contributed by atoms with Gasteiger partial charge in [0.1, 0.15) is 0 Å². The van der Waals surface area contributed by atoms with Crippen molar-refractivity contribution in [2.24, 2.45) is 5.92 Å². The monoisotopic (exact) mass is 297 g/mol. The van der Waals surface area contributed by atoms with E-state index in [1.54, 1.807) is 0 Å². The molecule has 2 aliphatic rings. The van der Waals surface area contributed by atoms with Crippen LogP contribution in [0.25, 0.3) is 0 Å². The smallest absolute Gasteiger partial charge is 0.0121 e. The van der Waals surface area contributed by atoms with Gasteiger partial charge in [-0.25, -0.2) is 0 Å². The molecule has 0 aromatic carbocycles. The van der Waals surface area contributed by atoms with Crippen LogP contribution >= 0.6 is 0 Å². The highest BCUT2D eigenvalue weighted by molar-refractivity contribution is 4.84. The van der Waals surface area contributed by atoms with E-state index in [1.165, 1.54) is 58.7 Å². The SMILES string of the molecule is CC.CC(C)CN1CCC(N2CCN(C(C)C)CC2)CC1. The van der Waals surface area contributed by atoms with E-state index in [1.807, 2.05) is 13.8 Å². The number of piperazine rings is 1. The van der Waals surface area contributed by atoms with Gasteiger partial charge < -0.3 is 4.90 Å². The van der Waals surface area contributed by atoms with Crippen molar-refractivity contribution in [1.29, 1.82) is 0 Å². The van der Waals surface area contributed by atoms with Crippen molar-refractivity contribution in [2.75, 3.05) is 45.8 Å². The van der Waals surface area contributed by atoms with Crippen LogP contribution in [-0.4, -0.2) is 72.6 Å². The second-order valence-corrected chi connectivity index (χ2v) is 7.09. The topological polar surface area (TPSA) is 9.72 Å². The van der Waals surface area contributed by atoms with Gasteiger partial charge in [0.05, 0.1) is 0 Å². The van der Waals surface area contributed by atoms with E-state index in [4.69, 9.17) is 0 Å². The minimum absolute atomic E-state index is 0.718. The van der Waals surface area contributed by atoms with Gasteiger partial charge in [0.15, 0.2) is 0 Å². The highest BCUT2D eigenvalue weighted by Crippen LogP contribution is 2.19. The third kappa shape index (κ3) is 6.25. The summed E-state index contributed by atoms with van der Waals surface area (Å²) in [6, 6.07) is 1.58. The van der Waals surface area contributed by atoms with E-state index in [0.717, 1.165) is 18.0 Å². The Morgan fingerprint density at radius 2 is 1.33 bits per heavy atom. The predicted octanol–water partition coefficient (Wildman–Crippen LogP) is 3.16. The number of nitrogens with zero attached hydrogens (tertiary/aromatic N) is 3. The van der Waals surface area contributed by atoms with Crippen molar-refractivity contribution < 1.29 is 0 Å². The number of hydrogen-bond acceptors (Lipinski definition) is 3. The van der Waals surface area contributed by atoms with Crippen molar-refractivity contribution in [1.82, 2.24) is 14.7 Å². The van der Waals surface area contributed by atoms with Crippen LogP contribution in [-0.2, 0) is 0 Å². The molecule has 2 heterocycles. The van der Waals surface area contributed by atoms with E-state index in [9.17, 15) is 0 Å². The van der Waals surface area contributed by atoms with Gasteiger partial charge in [-0.3, -0.25) is 9.80 Å². The molecule has 0 aromatic rings. The van der Waals surface area contributed by atoms with Crippen LogP contribution < -0.4 is 0 Å². The molecule has 2 rings (SSSR count). The molecule has 3 nitrogen and oxygen atoms in total. The zero-order chi connectivity index (χ0) is 15.8. The van der Waals surface area contributed by atoms with Gasteiger partial charge in [-0.1, -0.05) is 27.7 Å². The van der Waals surface area contributed by atoms with Gasteiger partial charge >= 0.3 is 0 Å². The van der Waals surface area contributed by atoms with E-state index in [-0.39, 0.29) is 0 Å². The Hall–Kier alpha value is -0.120. The molecule has 0 aliphatic carbocycles. The Balaban J connectivity index is 0.00000106. The van der Waals surface area contributed by atoms with Crippen LogP contribution in [0.4, 0.5) is 0 Å². The third-order valence-corrected chi connectivity index (χ3v) is 4.78. The normalized spacial score (nSPS) is 23.4. The van der Waals surface area contributed by atoms with Crippen molar-refractivity contribution in [3.63, 3.8) is 0 Å². The number of piperidine rings is 1. The van der Waals surface area contributed by atoms with Gasteiger partial charge in [0.2, 0.25) is 0 Å². The van der Waals surface area contributed by atoms with Crippen molar-refractivity contribution in [3.05, 3.63) is 0 Å². The van der Waals surface area contributed by atoms with Crippen LogP contribution in [0.15, 0.2) is 0 Å². The second-order valence-electron chi connectivity index (χ2n) is 7.09. The average molecular weight is 298 g/mol. The molecular formula is C18H39N3. The Morgan fingerprint density at radius 1 is 0.810 bits per heavy atom. The summed E-state index contributed by atoms with van der Waals surface area (Å²) in [5, 5.41) is 0. The maximum absolute atomic E-state index is 2.76. The summed E-state index contributed by atoms with van der Waals surface area (Å²) in [4.78, 5) is 8.03. The first kappa shape index (κ1) is 18.9. The van der Waals surface area contributed by atoms with Crippen molar-refractivity contribution >= 4 is 0 Å². The first-order valence-electron chi connectivity index (χ1n) is 9.26. The van der Waals surface area contributed by atoms with Gasteiger partial charge in [0, 0.05) is 44.8 Å². The lowest BCUT2D eigenvalue weighted by Crippen LogP contribution is -2.54. The molecule has 21 heavy (non-hydrogen) atoms. The standard InChI is InChI=1S/C16H33N3.C2H6/c1-14(2)13-17-7-5-16(6-8-17)19-11-9-18(10-12-19)15(3)4;1-2/h14-16H,5-13H2,1-4H3;1-2H3. The maximum atomic E-state index is 2.76. The van der Waals surface area contributed by atoms with Crippen LogP contribution in [0, 0.1) is 5.92 Å². The molecule has 0 spiro atoms. The third-order valence-electron chi connectivity index (χ3n) is 4.78. The lowest BCUT2D eigenvalue weighted by atomic mass is 10.0. The molecule has 0 atom stereocenters. The fraction of sp³-hybridized carbons (Fsp3) is 1.00. The largest absolute Gasteiger partial charge is 0.303 e. The van der Waals surface area contributed by atoms with Crippen molar-refractivity contribution in [3.8, 4) is 0 Å². The minimum Gasteiger partial charge on any atom is -0.303 e. The zero-order valence-electron chi connectivity index (χ0n) is 15.4. The van der Waals surface area contributed by atoms with E-state index in [0.29, 0.717) is 0 Å². The summed E-state index contributed by atoms with van der Waals surface area (Å²) < 4.78 is 0. The first-order valence-corrected chi connectivity index (χ1v) is 9.26. The summed E-state index contributed by atoms with van der Waals surface area (Å²) in [7, 11) is 0. The van der Waals surface area contributed by atoms with E-state index < -0.39 is 0 Å². The lowest BCUT2D eigenvalue weighted by Gasteiger charge is -2.44. The number of rotatable bonds is 4. The number of hydrogen-bond donors (Lipinski definition) is 0. The molecule has 2 saturated heterocycles. The minimum atomic E-state index is 0.718. The molecule has 0 amide bonds. The predicted molar refractivity (Wildman–Crippen MR) is 93.9 cm³/mol. The van der Waals surface area contributed by atoms with Crippen LogP contribution in [0.5, 0.6) is 0 Å². The summed E-state index contributed by atoms with van der Waals surface area (Å²) >= 11 is 0. The Labute approximate surface area is 133 Å². The molecule has 2 aliphatic heterocycles. The fourth-order valence-electron chi connectivity index (χ4n) is 3.60. The van der Waals surface area contributed by atoms with Crippen molar-refractivity contribution in [2.45, 2.75) is 66.5 Å². The summed E-state index contributed by atoms with van der Waals surface area (Å²) in [6.45, 7) is 22.3. The fourth-order valence-corrected chi connectivity index (χ4v) is 3.60. The molecule has 0 saturated carbocycles. The Bertz CT molecular complexity index is 249. The maximum Gasteiger partial charge on any atom is 0.0121 e. The van der Waals surface area contributed by atoms with E-state index >= 15 is 0 Å². The molecule has 3 heteroatoms. The first-order chi connectivity index (χ1) is 10.1. The van der Waals surface area contributed by atoms with Gasteiger partial charge in [-0.15, -0.1) is 0 Å². The molecule has 2 fully saturated rings. The van der Waals surface area contributed by atoms with Gasteiger partial charge in [-0.05, 0) is 45.7 Å². The van der Waals surface area contributed by atoms with Gasteiger partial charge in [0.25, 0.3) is 0 Å². The molecule has 0 bridgehead atoms. The van der Waals surface area contributed by atoms with Crippen LogP contribution in [0.3, 0.4) is 0 Å². The molecule has 0 N–H and O–H groups in total. The quantitative estimate of drug-likeness (QED) is 0.789. The number of likely N-dealkylation sites (tertiary alicyclic amines) is 1. The Kier molecular flexibility index (Phi) is 8.84. The van der Waals surface area contributed by atoms with Crippen LogP contribution in [0.1, 0.15) is 54.4 Å². The molecular weight excluding hydrogens is 258 g/mol. The molecule has 0 radical (unpaired) electrons. The summed E-state index contributed by atoms with van der Waals surface area (Å²) in [6.07, 6.45) is 2.77. The van der Waals surface area contributed by atoms with E-state index in [2.05, 4.69) is 42.4 Å². The highest BCUT2D eigenvalue weighted by Gasteiger charge is 2.27. The summed E-state index contributed by atoms with van der Waals surface area (Å²) in [5.41, 5.74) is 0.